The second-order valence-electron chi connectivity index (χ2n) is 5.64. The highest BCUT2D eigenvalue weighted by Gasteiger charge is 2.42. The number of nitrogens with zero attached hydrogens (tertiary/aromatic N) is 2. The molecule has 0 saturated carbocycles. The lowest BCUT2D eigenvalue weighted by molar-refractivity contribution is -0.133. The Hall–Kier alpha value is -1.74. The van der Waals surface area contributed by atoms with Crippen molar-refractivity contribution >= 4 is 33.6 Å². The maximum atomic E-state index is 12.5. The van der Waals surface area contributed by atoms with Crippen LogP contribution in [0.4, 0.5) is 4.79 Å². The van der Waals surface area contributed by atoms with Gasteiger partial charge in [0.1, 0.15) is 18.5 Å². The quantitative estimate of drug-likeness (QED) is 0.762. The Kier molecular flexibility index (Phi) is 5.30. The Morgan fingerprint density at radius 1 is 1.12 bits per heavy atom. The molecule has 0 N–H and O–H groups in total. The Balaban J connectivity index is 1.64. The van der Waals surface area contributed by atoms with Crippen molar-refractivity contribution in [2.24, 2.45) is 0 Å². The van der Waals surface area contributed by atoms with Crippen molar-refractivity contribution in [2.75, 3.05) is 29.8 Å². The lowest BCUT2D eigenvalue weighted by Crippen LogP contribution is -2.48. The fraction of sp³-hybridized carbons (Fsp3) is 0.467. The molecule has 2 fully saturated rings. The van der Waals surface area contributed by atoms with Crippen molar-refractivity contribution in [1.29, 1.82) is 0 Å². The van der Waals surface area contributed by atoms with Crippen molar-refractivity contribution in [2.45, 2.75) is 12.6 Å². The van der Waals surface area contributed by atoms with Gasteiger partial charge in [0.2, 0.25) is 5.91 Å². The number of rotatable bonds is 3. The number of amides is 2. The van der Waals surface area contributed by atoms with Gasteiger partial charge in [-0.3, -0.25) is 18.1 Å². The molecule has 1 aromatic rings. The molecule has 3 atom stereocenters. The molecule has 9 heteroatoms. The van der Waals surface area contributed by atoms with Crippen LogP contribution in [-0.2, 0) is 37.7 Å². The van der Waals surface area contributed by atoms with E-state index in [-0.39, 0.29) is 30.0 Å². The standard InChI is InChI=1S/C15H18N2O5S2/c18-14(16-6-7-23(20)10-16)13-9-24(21)11-17(13)15(19)22-8-12-4-2-1-3-5-12/h1-5,13H,6-11H2. The highest BCUT2D eigenvalue weighted by molar-refractivity contribution is 7.85. The third kappa shape index (κ3) is 3.84. The Morgan fingerprint density at radius 2 is 1.88 bits per heavy atom. The Morgan fingerprint density at radius 3 is 2.54 bits per heavy atom. The molecule has 0 aliphatic carbocycles. The first-order chi connectivity index (χ1) is 11.5. The third-order valence-corrected chi connectivity index (χ3v) is 6.42. The summed E-state index contributed by atoms with van der Waals surface area (Å²) in [5, 5.41) is 0. The molecular formula is C15H18N2O5S2. The molecule has 0 radical (unpaired) electrons. The summed E-state index contributed by atoms with van der Waals surface area (Å²) in [5.74, 6) is 0.404. The van der Waals surface area contributed by atoms with Gasteiger partial charge in [0, 0.05) is 33.9 Å². The molecule has 3 rings (SSSR count). The average molecular weight is 370 g/mol. The van der Waals surface area contributed by atoms with E-state index in [0.29, 0.717) is 12.3 Å². The number of hydrogen-bond donors (Lipinski definition) is 0. The van der Waals surface area contributed by atoms with E-state index in [2.05, 4.69) is 0 Å². The number of carbonyl (C=O) groups is 2. The van der Waals surface area contributed by atoms with Gasteiger partial charge in [-0.15, -0.1) is 0 Å². The zero-order valence-electron chi connectivity index (χ0n) is 13.0. The molecule has 0 bridgehead atoms. The topological polar surface area (TPSA) is 84.0 Å². The van der Waals surface area contributed by atoms with Crippen LogP contribution in [0, 0.1) is 0 Å². The van der Waals surface area contributed by atoms with Crippen molar-refractivity contribution in [1.82, 2.24) is 9.80 Å². The number of benzene rings is 1. The Bertz CT molecular complexity index is 682. The number of carbonyl (C=O) groups excluding carboxylic acids is 2. The molecule has 2 saturated heterocycles. The number of ether oxygens (including phenoxy) is 1. The monoisotopic (exact) mass is 370 g/mol. The second kappa shape index (κ2) is 7.43. The van der Waals surface area contributed by atoms with Gasteiger partial charge >= 0.3 is 6.09 Å². The van der Waals surface area contributed by atoms with Gasteiger partial charge in [0.05, 0.1) is 11.6 Å². The SMILES string of the molecule is O=C(C1CS(=O)CN1C(=O)OCc1ccccc1)N1CCS(=O)C1. The average Bonchev–Trinajstić information content (AvgIpc) is 3.19. The molecule has 2 heterocycles. The summed E-state index contributed by atoms with van der Waals surface area (Å²) in [5.41, 5.74) is 0.837. The van der Waals surface area contributed by atoms with E-state index in [4.69, 9.17) is 4.74 Å². The summed E-state index contributed by atoms with van der Waals surface area (Å²) < 4.78 is 28.6. The van der Waals surface area contributed by atoms with Gasteiger partial charge in [-0.2, -0.15) is 0 Å². The largest absolute Gasteiger partial charge is 0.445 e. The zero-order chi connectivity index (χ0) is 17.1. The third-order valence-electron chi connectivity index (χ3n) is 3.93. The van der Waals surface area contributed by atoms with E-state index in [1.165, 1.54) is 9.80 Å². The van der Waals surface area contributed by atoms with Gasteiger partial charge in [-0.05, 0) is 5.56 Å². The normalized spacial score (nSPS) is 26.6. The second-order valence-corrected chi connectivity index (χ2v) is 8.65. The van der Waals surface area contributed by atoms with E-state index < -0.39 is 33.7 Å². The van der Waals surface area contributed by atoms with Crippen molar-refractivity contribution in [3.05, 3.63) is 35.9 Å². The van der Waals surface area contributed by atoms with Crippen LogP contribution in [0.5, 0.6) is 0 Å². The molecule has 2 amide bonds. The van der Waals surface area contributed by atoms with Crippen LogP contribution in [-0.4, -0.2) is 66.1 Å². The van der Waals surface area contributed by atoms with Crippen molar-refractivity contribution in [3.63, 3.8) is 0 Å². The van der Waals surface area contributed by atoms with E-state index in [9.17, 15) is 18.0 Å². The summed E-state index contributed by atoms with van der Waals surface area (Å²) in [6.07, 6.45) is -0.650. The smallest absolute Gasteiger partial charge is 0.411 e. The molecule has 2 aliphatic heterocycles. The van der Waals surface area contributed by atoms with E-state index in [1.807, 2.05) is 30.3 Å². The zero-order valence-corrected chi connectivity index (χ0v) is 14.6. The summed E-state index contributed by atoms with van der Waals surface area (Å²) in [6.45, 7) is 0.499. The molecule has 2 aliphatic rings. The number of hydrogen-bond acceptors (Lipinski definition) is 5. The lowest BCUT2D eigenvalue weighted by Gasteiger charge is -2.25. The van der Waals surface area contributed by atoms with Gasteiger partial charge in [-0.25, -0.2) is 4.79 Å². The summed E-state index contributed by atoms with van der Waals surface area (Å²) >= 11 is 0. The van der Waals surface area contributed by atoms with Gasteiger partial charge in [-0.1, -0.05) is 30.3 Å². The van der Waals surface area contributed by atoms with Crippen molar-refractivity contribution in [3.8, 4) is 0 Å². The lowest BCUT2D eigenvalue weighted by atomic mass is 10.2. The highest BCUT2D eigenvalue weighted by atomic mass is 32.2. The van der Waals surface area contributed by atoms with Gasteiger partial charge < -0.3 is 9.64 Å². The highest BCUT2D eigenvalue weighted by Crippen LogP contribution is 2.19. The van der Waals surface area contributed by atoms with Gasteiger partial charge in [0.15, 0.2) is 0 Å². The van der Waals surface area contributed by atoms with E-state index in [0.717, 1.165) is 5.56 Å². The van der Waals surface area contributed by atoms with Crippen LogP contribution in [0.15, 0.2) is 30.3 Å². The molecule has 0 aromatic heterocycles. The Labute approximate surface area is 144 Å². The molecular weight excluding hydrogens is 352 g/mol. The fourth-order valence-corrected chi connectivity index (χ4v) is 5.18. The molecule has 1 aromatic carbocycles. The van der Waals surface area contributed by atoms with E-state index >= 15 is 0 Å². The predicted octanol–water partition coefficient (Wildman–Crippen LogP) is 0.262. The minimum absolute atomic E-state index is 0.0129. The molecule has 24 heavy (non-hydrogen) atoms. The van der Waals surface area contributed by atoms with E-state index in [1.54, 1.807) is 0 Å². The van der Waals surface area contributed by atoms with Crippen LogP contribution in [0.1, 0.15) is 5.56 Å². The first-order valence-corrected chi connectivity index (χ1v) is 10.5. The van der Waals surface area contributed by atoms with Crippen LogP contribution in [0.25, 0.3) is 0 Å². The summed E-state index contributed by atoms with van der Waals surface area (Å²) in [4.78, 5) is 27.5. The summed E-state index contributed by atoms with van der Waals surface area (Å²) in [7, 11) is -2.32. The maximum absolute atomic E-state index is 12.5. The first-order valence-electron chi connectivity index (χ1n) is 7.50. The molecule has 7 nitrogen and oxygen atoms in total. The predicted molar refractivity (Wildman–Crippen MR) is 89.7 cm³/mol. The fourth-order valence-electron chi connectivity index (χ4n) is 2.65. The maximum Gasteiger partial charge on any atom is 0.411 e. The van der Waals surface area contributed by atoms with Crippen LogP contribution in [0.3, 0.4) is 0 Å². The van der Waals surface area contributed by atoms with Crippen molar-refractivity contribution < 1.29 is 22.7 Å². The summed E-state index contributed by atoms with van der Waals surface area (Å²) in [6, 6.07) is 8.41. The molecule has 3 unspecified atom stereocenters. The minimum atomic E-state index is -1.28. The van der Waals surface area contributed by atoms with Crippen LogP contribution < -0.4 is 0 Å². The minimum Gasteiger partial charge on any atom is -0.445 e. The van der Waals surface area contributed by atoms with Crippen LogP contribution in [0.2, 0.25) is 0 Å². The van der Waals surface area contributed by atoms with Crippen LogP contribution >= 0.6 is 0 Å². The van der Waals surface area contributed by atoms with Gasteiger partial charge in [0.25, 0.3) is 0 Å². The molecule has 130 valence electrons. The first kappa shape index (κ1) is 17.1. The molecule has 0 spiro atoms.